The molecule has 20 heavy (non-hydrogen) atoms. The summed E-state index contributed by atoms with van der Waals surface area (Å²) in [5, 5.41) is 3.39. The molecular formula is C15H21BrClFN2. The monoisotopic (exact) mass is 362 g/mol. The van der Waals surface area contributed by atoms with Crippen molar-refractivity contribution in [1.82, 2.24) is 10.2 Å². The Kier molecular flexibility index (Phi) is 5.84. The van der Waals surface area contributed by atoms with Gasteiger partial charge in [0.2, 0.25) is 0 Å². The van der Waals surface area contributed by atoms with Crippen molar-refractivity contribution in [2.45, 2.75) is 25.3 Å². The van der Waals surface area contributed by atoms with Crippen molar-refractivity contribution >= 4 is 28.3 Å². The van der Waals surface area contributed by atoms with E-state index in [2.05, 4.69) is 32.2 Å². The number of hydrogen-bond donors (Lipinski definition) is 1. The Morgan fingerprint density at radius 3 is 2.55 bits per heavy atom. The Balaban J connectivity index is 0.00000147. The Labute approximate surface area is 134 Å². The molecule has 1 N–H and O–H groups in total. The quantitative estimate of drug-likeness (QED) is 0.876. The molecule has 0 amide bonds. The van der Waals surface area contributed by atoms with Gasteiger partial charge in [-0.25, -0.2) is 4.39 Å². The molecule has 0 bridgehead atoms. The third-order valence-corrected chi connectivity index (χ3v) is 4.57. The fourth-order valence-electron chi connectivity index (χ4n) is 2.93. The molecule has 1 heterocycles. The van der Waals surface area contributed by atoms with Gasteiger partial charge in [0.15, 0.2) is 0 Å². The average molecular weight is 364 g/mol. The first-order valence-electron chi connectivity index (χ1n) is 7.13. The maximum Gasteiger partial charge on any atom is 0.124 e. The first-order valence-corrected chi connectivity index (χ1v) is 7.92. The van der Waals surface area contributed by atoms with Crippen LogP contribution in [0.2, 0.25) is 0 Å². The molecule has 3 rings (SSSR count). The zero-order valence-electron chi connectivity index (χ0n) is 11.4. The summed E-state index contributed by atoms with van der Waals surface area (Å²) in [4.78, 5) is 2.51. The second-order valence-electron chi connectivity index (χ2n) is 5.68. The molecule has 5 heteroatoms. The Hall–Kier alpha value is -0.160. The number of benzene rings is 1. The van der Waals surface area contributed by atoms with E-state index >= 15 is 0 Å². The van der Waals surface area contributed by atoms with Gasteiger partial charge in [0.25, 0.3) is 0 Å². The van der Waals surface area contributed by atoms with Gasteiger partial charge in [-0.1, -0.05) is 28.8 Å². The fraction of sp³-hybridized carbons (Fsp3) is 0.600. The van der Waals surface area contributed by atoms with Crippen LogP contribution in [0.4, 0.5) is 4.39 Å². The molecule has 0 radical (unpaired) electrons. The van der Waals surface area contributed by atoms with Gasteiger partial charge in [-0.15, -0.1) is 12.4 Å². The molecular weight excluding hydrogens is 343 g/mol. The normalized spacial score (nSPS) is 21.3. The number of halogens is 3. The van der Waals surface area contributed by atoms with E-state index in [1.807, 2.05) is 0 Å². The van der Waals surface area contributed by atoms with Crippen LogP contribution in [0, 0.1) is 11.7 Å². The predicted octanol–water partition coefficient (Wildman–Crippen LogP) is 3.76. The molecule has 2 nitrogen and oxygen atoms in total. The third kappa shape index (κ3) is 4.17. The first kappa shape index (κ1) is 16.2. The van der Waals surface area contributed by atoms with Crippen LogP contribution in [-0.2, 0) is 0 Å². The lowest BCUT2D eigenvalue weighted by atomic mass is 9.98. The van der Waals surface area contributed by atoms with Crippen LogP contribution >= 0.6 is 28.3 Å². The summed E-state index contributed by atoms with van der Waals surface area (Å²) in [7, 11) is 0. The predicted molar refractivity (Wildman–Crippen MR) is 85.9 cm³/mol. The molecule has 0 aromatic heterocycles. The lowest BCUT2D eigenvalue weighted by Crippen LogP contribution is -2.45. The average Bonchev–Trinajstić information content (AvgIpc) is 3.20. The van der Waals surface area contributed by atoms with Gasteiger partial charge in [-0.05, 0) is 36.1 Å². The summed E-state index contributed by atoms with van der Waals surface area (Å²) in [6.07, 6.45) is 3.87. The van der Waals surface area contributed by atoms with E-state index in [0.717, 1.165) is 42.1 Å². The highest BCUT2D eigenvalue weighted by Gasteiger charge is 2.30. The minimum atomic E-state index is -0.139. The van der Waals surface area contributed by atoms with Crippen molar-refractivity contribution in [2.75, 3.05) is 26.2 Å². The maximum absolute atomic E-state index is 13.6. The Morgan fingerprint density at radius 2 is 1.95 bits per heavy atom. The summed E-state index contributed by atoms with van der Waals surface area (Å²) in [5.41, 5.74) is 1.13. The van der Waals surface area contributed by atoms with Gasteiger partial charge in [-0.2, -0.15) is 0 Å². The van der Waals surface area contributed by atoms with Crippen molar-refractivity contribution in [2.24, 2.45) is 5.92 Å². The molecule has 1 aromatic rings. The van der Waals surface area contributed by atoms with Crippen LogP contribution in [0.3, 0.4) is 0 Å². The van der Waals surface area contributed by atoms with E-state index in [1.165, 1.54) is 25.3 Å². The lowest BCUT2D eigenvalue weighted by molar-refractivity contribution is 0.160. The fourth-order valence-corrected chi connectivity index (χ4v) is 3.41. The van der Waals surface area contributed by atoms with E-state index in [1.54, 1.807) is 6.07 Å². The molecule has 2 aliphatic rings. The Bertz CT molecular complexity index is 427. The number of piperazine rings is 1. The van der Waals surface area contributed by atoms with Crippen LogP contribution in [0.25, 0.3) is 0 Å². The minimum absolute atomic E-state index is 0. The van der Waals surface area contributed by atoms with Gasteiger partial charge in [-0.3, -0.25) is 4.90 Å². The molecule has 1 aliphatic carbocycles. The molecule has 0 unspecified atom stereocenters. The molecule has 2 fully saturated rings. The lowest BCUT2D eigenvalue weighted by Gasteiger charge is -2.35. The standard InChI is InChI=1S/C15H20BrFN2.ClH/c16-13-8-12(9-14(17)10-13)15(7-11-1-2-11)19-5-3-18-4-6-19;/h8-11,15,18H,1-7H2;1H/t15-;/m0./s1. The van der Waals surface area contributed by atoms with Gasteiger partial charge in [0.05, 0.1) is 0 Å². The first-order chi connectivity index (χ1) is 9.22. The molecule has 0 spiro atoms. The van der Waals surface area contributed by atoms with Crippen LogP contribution < -0.4 is 5.32 Å². The largest absolute Gasteiger partial charge is 0.314 e. The van der Waals surface area contributed by atoms with E-state index in [4.69, 9.17) is 0 Å². The SMILES string of the molecule is Cl.Fc1cc(Br)cc([C@H](CC2CC2)N2CCNCC2)c1. The molecule has 1 aromatic carbocycles. The van der Waals surface area contributed by atoms with E-state index in [0.29, 0.717) is 6.04 Å². The van der Waals surface area contributed by atoms with E-state index in [9.17, 15) is 4.39 Å². The highest BCUT2D eigenvalue weighted by Crippen LogP contribution is 2.40. The van der Waals surface area contributed by atoms with Gasteiger partial charge in [0, 0.05) is 36.7 Å². The van der Waals surface area contributed by atoms with Crippen molar-refractivity contribution in [3.05, 3.63) is 34.1 Å². The summed E-state index contributed by atoms with van der Waals surface area (Å²) in [6, 6.07) is 5.70. The smallest absolute Gasteiger partial charge is 0.124 e. The summed E-state index contributed by atoms with van der Waals surface area (Å²) >= 11 is 3.42. The van der Waals surface area contributed by atoms with Crippen molar-refractivity contribution in [3.63, 3.8) is 0 Å². The van der Waals surface area contributed by atoms with Crippen molar-refractivity contribution < 1.29 is 4.39 Å². The highest BCUT2D eigenvalue weighted by atomic mass is 79.9. The van der Waals surface area contributed by atoms with Crippen molar-refractivity contribution in [1.29, 1.82) is 0 Å². The molecule has 1 atom stereocenters. The summed E-state index contributed by atoms with van der Waals surface area (Å²) < 4.78 is 14.5. The van der Waals surface area contributed by atoms with Crippen molar-refractivity contribution in [3.8, 4) is 0 Å². The third-order valence-electron chi connectivity index (χ3n) is 4.12. The number of nitrogens with zero attached hydrogens (tertiary/aromatic N) is 1. The summed E-state index contributed by atoms with van der Waals surface area (Å²) in [5.74, 6) is 0.710. The topological polar surface area (TPSA) is 15.3 Å². The van der Waals surface area contributed by atoms with E-state index < -0.39 is 0 Å². The van der Waals surface area contributed by atoms with Gasteiger partial charge < -0.3 is 5.32 Å². The van der Waals surface area contributed by atoms with Crippen LogP contribution in [0.1, 0.15) is 30.9 Å². The highest BCUT2D eigenvalue weighted by molar-refractivity contribution is 9.10. The number of rotatable bonds is 4. The van der Waals surface area contributed by atoms with Crippen LogP contribution in [0.15, 0.2) is 22.7 Å². The second-order valence-corrected chi connectivity index (χ2v) is 6.60. The van der Waals surface area contributed by atoms with Crippen LogP contribution in [0.5, 0.6) is 0 Å². The summed E-state index contributed by atoms with van der Waals surface area (Å²) in [6.45, 7) is 4.20. The maximum atomic E-state index is 13.6. The van der Waals surface area contributed by atoms with Crippen LogP contribution in [-0.4, -0.2) is 31.1 Å². The number of hydrogen-bond acceptors (Lipinski definition) is 2. The minimum Gasteiger partial charge on any atom is -0.314 e. The Morgan fingerprint density at radius 1 is 1.25 bits per heavy atom. The van der Waals surface area contributed by atoms with Gasteiger partial charge in [0.1, 0.15) is 5.82 Å². The molecule has 1 saturated carbocycles. The van der Waals surface area contributed by atoms with E-state index in [-0.39, 0.29) is 18.2 Å². The number of nitrogens with one attached hydrogen (secondary N) is 1. The zero-order valence-corrected chi connectivity index (χ0v) is 13.9. The molecule has 1 aliphatic heterocycles. The second kappa shape index (κ2) is 7.21. The van der Waals surface area contributed by atoms with Gasteiger partial charge >= 0.3 is 0 Å². The molecule has 112 valence electrons. The zero-order chi connectivity index (χ0) is 13.2. The molecule has 1 saturated heterocycles.